The molecule has 6 heteroatoms. The van der Waals surface area contributed by atoms with Crippen LogP contribution in [0.3, 0.4) is 0 Å². The van der Waals surface area contributed by atoms with E-state index in [0.717, 1.165) is 58.6 Å². The van der Waals surface area contributed by atoms with E-state index < -0.39 is 0 Å². The Morgan fingerprint density at radius 2 is 1.69 bits per heavy atom. The number of hydrogen-bond acceptors (Lipinski definition) is 4. The summed E-state index contributed by atoms with van der Waals surface area (Å²) in [6.45, 7) is 2.03. The third-order valence-electron chi connectivity index (χ3n) is 7.11. The van der Waals surface area contributed by atoms with Crippen LogP contribution >= 0.6 is 0 Å². The lowest BCUT2D eigenvalue weighted by molar-refractivity contribution is 0.317. The predicted molar refractivity (Wildman–Crippen MR) is 141 cm³/mol. The summed E-state index contributed by atoms with van der Waals surface area (Å²) in [5.41, 5.74) is 4.44. The van der Waals surface area contributed by atoms with Gasteiger partial charge < -0.3 is 14.5 Å². The number of aromatic nitrogens is 2. The Balaban J connectivity index is 1.26. The Morgan fingerprint density at radius 3 is 2.61 bits per heavy atom. The number of anilines is 1. The van der Waals surface area contributed by atoms with Gasteiger partial charge in [0.1, 0.15) is 23.1 Å². The van der Waals surface area contributed by atoms with Crippen LogP contribution in [0.15, 0.2) is 97.0 Å². The zero-order chi connectivity index (χ0) is 24.1. The van der Waals surface area contributed by atoms with E-state index in [0.29, 0.717) is 5.82 Å². The van der Waals surface area contributed by atoms with Gasteiger partial charge in [-0.1, -0.05) is 24.3 Å². The molecule has 178 valence electrons. The van der Waals surface area contributed by atoms with Crippen molar-refractivity contribution in [3.05, 3.63) is 103 Å². The SMILES string of the molecule is Fc1ccnc(-n2c3ccccc3c3ccc(Oc4cccc(N5C=C6CCCCN6C5)c4)cc32)c1. The van der Waals surface area contributed by atoms with Crippen LogP contribution in [0.4, 0.5) is 10.1 Å². The van der Waals surface area contributed by atoms with Gasteiger partial charge in [-0.3, -0.25) is 4.57 Å². The number of fused-ring (bicyclic) bond motifs is 4. The molecule has 5 aromatic rings. The van der Waals surface area contributed by atoms with Gasteiger partial charge in [-0.05, 0) is 55.7 Å². The number of pyridine rings is 1. The van der Waals surface area contributed by atoms with Crippen molar-refractivity contribution < 1.29 is 9.13 Å². The minimum atomic E-state index is -0.316. The highest BCUT2D eigenvalue weighted by atomic mass is 19.1. The fraction of sp³-hybridized carbons (Fsp3) is 0.167. The van der Waals surface area contributed by atoms with Gasteiger partial charge in [0.15, 0.2) is 0 Å². The largest absolute Gasteiger partial charge is 0.457 e. The van der Waals surface area contributed by atoms with Crippen molar-refractivity contribution in [3.63, 3.8) is 0 Å². The Bertz CT molecular complexity index is 1640. The van der Waals surface area contributed by atoms with Crippen LogP contribution in [0.2, 0.25) is 0 Å². The second-order valence-corrected chi connectivity index (χ2v) is 9.42. The first-order chi connectivity index (χ1) is 17.7. The van der Waals surface area contributed by atoms with Crippen LogP contribution in [0.5, 0.6) is 11.5 Å². The summed E-state index contributed by atoms with van der Waals surface area (Å²) in [6.07, 6.45) is 7.45. The molecule has 3 aromatic carbocycles. The predicted octanol–water partition coefficient (Wildman–Crippen LogP) is 7.21. The van der Waals surface area contributed by atoms with Crippen LogP contribution in [0.25, 0.3) is 27.6 Å². The highest BCUT2D eigenvalue weighted by Crippen LogP contribution is 2.36. The van der Waals surface area contributed by atoms with E-state index in [9.17, 15) is 4.39 Å². The topological polar surface area (TPSA) is 33.5 Å². The van der Waals surface area contributed by atoms with Crippen molar-refractivity contribution in [2.75, 3.05) is 18.1 Å². The van der Waals surface area contributed by atoms with Gasteiger partial charge in [0.05, 0.1) is 17.7 Å². The number of benzene rings is 3. The Labute approximate surface area is 208 Å². The zero-order valence-corrected chi connectivity index (χ0v) is 19.8. The summed E-state index contributed by atoms with van der Waals surface area (Å²) in [4.78, 5) is 9.21. The number of rotatable bonds is 4. The molecule has 0 N–H and O–H groups in total. The zero-order valence-electron chi connectivity index (χ0n) is 19.8. The molecule has 0 atom stereocenters. The van der Waals surface area contributed by atoms with Crippen molar-refractivity contribution in [2.45, 2.75) is 19.3 Å². The summed E-state index contributed by atoms with van der Waals surface area (Å²) in [5.74, 6) is 1.72. The van der Waals surface area contributed by atoms with Gasteiger partial charge in [0.25, 0.3) is 0 Å². The highest BCUT2D eigenvalue weighted by Gasteiger charge is 2.24. The minimum Gasteiger partial charge on any atom is -0.457 e. The lowest BCUT2D eigenvalue weighted by Crippen LogP contribution is -2.29. The molecule has 2 aliphatic rings. The summed E-state index contributed by atoms with van der Waals surface area (Å²) in [5, 5.41) is 2.16. The van der Waals surface area contributed by atoms with Gasteiger partial charge in [-0.2, -0.15) is 0 Å². The molecule has 36 heavy (non-hydrogen) atoms. The molecule has 4 heterocycles. The van der Waals surface area contributed by atoms with Gasteiger partial charge >= 0.3 is 0 Å². The molecule has 0 amide bonds. The Morgan fingerprint density at radius 1 is 0.806 bits per heavy atom. The summed E-state index contributed by atoms with van der Waals surface area (Å²) in [6, 6.07) is 25.2. The fourth-order valence-electron chi connectivity index (χ4n) is 5.42. The second-order valence-electron chi connectivity index (χ2n) is 9.42. The van der Waals surface area contributed by atoms with Crippen molar-refractivity contribution in [1.82, 2.24) is 14.5 Å². The fourth-order valence-corrected chi connectivity index (χ4v) is 5.42. The molecule has 0 aliphatic carbocycles. The monoisotopic (exact) mass is 476 g/mol. The Kier molecular flexibility index (Phi) is 4.91. The lowest BCUT2D eigenvalue weighted by atomic mass is 10.1. The normalized spacial score (nSPS) is 15.4. The number of ether oxygens (including phenoxy) is 1. The van der Waals surface area contributed by atoms with Gasteiger partial charge in [0.2, 0.25) is 0 Å². The molecule has 2 aliphatic heterocycles. The Hall–Kier alpha value is -4.32. The maximum atomic E-state index is 14.1. The second kappa shape index (κ2) is 8.41. The first-order valence-corrected chi connectivity index (χ1v) is 12.4. The third-order valence-corrected chi connectivity index (χ3v) is 7.11. The van der Waals surface area contributed by atoms with Crippen molar-refractivity contribution in [3.8, 4) is 17.3 Å². The van der Waals surface area contributed by atoms with Gasteiger partial charge in [-0.25, -0.2) is 9.37 Å². The van der Waals surface area contributed by atoms with E-state index in [1.807, 2.05) is 47.0 Å². The average molecular weight is 477 g/mol. The van der Waals surface area contributed by atoms with Gasteiger partial charge in [0, 0.05) is 59.3 Å². The highest BCUT2D eigenvalue weighted by molar-refractivity contribution is 6.09. The number of hydrogen-bond donors (Lipinski definition) is 0. The van der Waals surface area contributed by atoms with Crippen molar-refractivity contribution in [2.24, 2.45) is 0 Å². The molecule has 0 saturated carbocycles. The van der Waals surface area contributed by atoms with E-state index in [1.165, 1.54) is 36.9 Å². The van der Waals surface area contributed by atoms with E-state index in [2.05, 4.69) is 45.2 Å². The average Bonchev–Trinajstić information content (AvgIpc) is 3.48. The van der Waals surface area contributed by atoms with Crippen molar-refractivity contribution in [1.29, 1.82) is 0 Å². The number of piperidine rings is 1. The standard InChI is InChI=1S/C30H25FN4O/c31-21-13-14-32-30(16-21)35-28-10-2-1-9-26(28)27-12-11-25(18-29(27)35)36-24-8-5-7-22(17-24)34-19-23-6-3-4-15-33(23)20-34/h1-2,5,7-14,16-19H,3-4,6,15,20H2. The molecule has 5 nitrogen and oxygen atoms in total. The molecule has 0 radical (unpaired) electrons. The molecular weight excluding hydrogens is 451 g/mol. The quantitative estimate of drug-likeness (QED) is 0.274. The summed E-state index contributed by atoms with van der Waals surface area (Å²) >= 11 is 0. The first-order valence-electron chi connectivity index (χ1n) is 12.4. The number of halogens is 1. The molecule has 0 bridgehead atoms. The maximum absolute atomic E-state index is 14.1. The number of nitrogens with zero attached hydrogens (tertiary/aromatic N) is 4. The summed E-state index contributed by atoms with van der Waals surface area (Å²) < 4.78 is 22.4. The number of allylic oxidation sites excluding steroid dienone is 1. The van der Waals surface area contributed by atoms with E-state index in [-0.39, 0.29) is 5.82 Å². The third kappa shape index (κ3) is 3.57. The molecule has 0 spiro atoms. The first kappa shape index (κ1) is 21.0. The lowest BCUT2D eigenvalue weighted by Gasteiger charge is -2.27. The molecule has 7 rings (SSSR count). The molecule has 2 aromatic heterocycles. The summed E-state index contributed by atoms with van der Waals surface area (Å²) in [7, 11) is 0. The van der Waals surface area contributed by atoms with Crippen LogP contribution < -0.4 is 9.64 Å². The van der Waals surface area contributed by atoms with E-state index >= 15 is 0 Å². The maximum Gasteiger partial charge on any atom is 0.140 e. The number of para-hydroxylation sites is 1. The molecule has 1 saturated heterocycles. The van der Waals surface area contributed by atoms with Crippen LogP contribution in [-0.2, 0) is 0 Å². The van der Waals surface area contributed by atoms with E-state index in [4.69, 9.17) is 4.74 Å². The smallest absolute Gasteiger partial charge is 0.140 e. The van der Waals surface area contributed by atoms with Crippen LogP contribution in [-0.4, -0.2) is 27.7 Å². The van der Waals surface area contributed by atoms with Gasteiger partial charge in [-0.15, -0.1) is 0 Å². The van der Waals surface area contributed by atoms with Crippen LogP contribution in [0, 0.1) is 5.82 Å². The van der Waals surface area contributed by atoms with Crippen molar-refractivity contribution >= 4 is 27.5 Å². The molecule has 0 unspecified atom stereocenters. The van der Waals surface area contributed by atoms with E-state index in [1.54, 1.807) is 0 Å². The van der Waals surface area contributed by atoms with Crippen LogP contribution in [0.1, 0.15) is 19.3 Å². The molecular formula is C30H25FN4O. The molecule has 1 fully saturated rings. The minimum absolute atomic E-state index is 0.316.